The second-order valence-corrected chi connectivity index (χ2v) is 7.14. The van der Waals surface area contributed by atoms with Gasteiger partial charge in [0.15, 0.2) is 0 Å². The Bertz CT molecular complexity index is 1240. The molecule has 2 N–H and O–H groups in total. The van der Waals surface area contributed by atoms with Crippen LogP contribution in [-0.2, 0) is 4.79 Å². The van der Waals surface area contributed by atoms with Gasteiger partial charge >= 0.3 is 0 Å². The highest BCUT2D eigenvalue weighted by Gasteiger charge is 2.27. The van der Waals surface area contributed by atoms with Gasteiger partial charge in [-0.25, -0.2) is 4.98 Å². The molecule has 4 aromatic rings. The van der Waals surface area contributed by atoms with E-state index in [0.29, 0.717) is 5.82 Å². The average Bonchev–Trinajstić information content (AvgIpc) is 3.28. The zero-order chi connectivity index (χ0) is 20.0. The monoisotopic (exact) mass is 381 g/mol. The number of aromatic nitrogens is 3. The summed E-state index contributed by atoms with van der Waals surface area (Å²) in [5.41, 5.74) is 5.90. The van der Waals surface area contributed by atoms with Crippen LogP contribution in [0.3, 0.4) is 0 Å². The zero-order valence-corrected chi connectivity index (χ0v) is 15.9. The lowest BCUT2D eigenvalue weighted by atomic mass is 10.0. The Hall–Kier alpha value is -3.93. The summed E-state index contributed by atoms with van der Waals surface area (Å²) in [6, 6.07) is 17.7. The Balaban J connectivity index is 1.62. The number of imidazole rings is 1. The second kappa shape index (κ2) is 6.60. The van der Waals surface area contributed by atoms with E-state index in [1.165, 1.54) is 5.56 Å². The molecule has 1 unspecified atom stereocenters. The molecule has 3 heterocycles. The van der Waals surface area contributed by atoms with Gasteiger partial charge in [-0.2, -0.15) is 0 Å². The molecule has 1 atom stereocenters. The van der Waals surface area contributed by atoms with Gasteiger partial charge in [0.1, 0.15) is 11.9 Å². The van der Waals surface area contributed by atoms with Gasteiger partial charge in [-0.05, 0) is 30.7 Å². The molecule has 0 spiro atoms. The van der Waals surface area contributed by atoms with E-state index >= 15 is 0 Å². The van der Waals surface area contributed by atoms with E-state index in [1.807, 2.05) is 36.5 Å². The van der Waals surface area contributed by atoms with E-state index in [1.54, 1.807) is 6.20 Å². The first-order valence-electron chi connectivity index (χ1n) is 9.36. The molecule has 142 valence electrons. The van der Waals surface area contributed by atoms with Crippen molar-refractivity contribution in [2.45, 2.75) is 13.0 Å². The van der Waals surface area contributed by atoms with Gasteiger partial charge in [-0.1, -0.05) is 48.5 Å². The van der Waals surface area contributed by atoms with E-state index in [4.69, 9.17) is 4.98 Å². The van der Waals surface area contributed by atoms with E-state index < -0.39 is 6.04 Å². The highest BCUT2D eigenvalue weighted by Crippen LogP contribution is 2.29. The standard InChI is InChI=1S/C23H19N5O/c1-14-3-9-18(10-4-14)28-20-13-24-12-11-19(20)27-22(28)17-7-5-16(6-8-17)21-23(29)26-15(2)25-21/h3-13,21,25H,2H2,1H3,(H,26,29). The summed E-state index contributed by atoms with van der Waals surface area (Å²) in [4.78, 5) is 21.2. The van der Waals surface area contributed by atoms with Gasteiger partial charge in [0.05, 0.1) is 23.1 Å². The van der Waals surface area contributed by atoms with Crippen molar-refractivity contribution in [2.75, 3.05) is 0 Å². The summed E-state index contributed by atoms with van der Waals surface area (Å²) in [5, 5.41) is 5.76. The highest BCUT2D eigenvalue weighted by molar-refractivity contribution is 5.88. The molecule has 1 fully saturated rings. The van der Waals surface area contributed by atoms with Gasteiger partial charge in [0.25, 0.3) is 5.91 Å². The molecular formula is C23H19N5O. The number of benzene rings is 2. The lowest BCUT2D eigenvalue weighted by Crippen LogP contribution is -2.19. The predicted octanol–water partition coefficient (Wildman–Crippen LogP) is 3.63. The number of hydrogen-bond donors (Lipinski definition) is 2. The van der Waals surface area contributed by atoms with Crippen molar-refractivity contribution in [3.05, 3.63) is 90.5 Å². The largest absolute Gasteiger partial charge is 0.357 e. The summed E-state index contributed by atoms with van der Waals surface area (Å²) in [5.74, 6) is 1.26. The van der Waals surface area contributed by atoms with E-state index in [0.717, 1.165) is 33.7 Å². The van der Waals surface area contributed by atoms with Crippen molar-refractivity contribution in [3.63, 3.8) is 0 Å². The molecule has 2 aromatic heterocycles. The second-order valence-electron chi connectivity index (χ2n) is 7.14. The molecule has 6 heteroatoms. The Morgan fingerprint density at radius 1 is 1.03 bits per heavy atom. The molecule has 5 rings (SSSR count). The van der Waals surface area contributed by atoms with Crippen molar-refractivity contribution < 1.29 is 4.79 Å². The van der Waals surface area contributed by atoms with Crippen LogP contribution < -0.4 is 10.6 Å². The van der Waals surface area contributed by atoms with Crippen LogP contribution in [0.4, 0.5) is 0 Å². The third-order valence-corrected chi connectivity index (χ3v) is 5.11. The molecule has 1 aliphatic heterocycles. The minimum atomic E-state index is -0.420. The molecule has 6 nitrogen and oxygen atoms in total. The van der Waals surface area contributed by atoms with Gasteiger partial charge in [0, 0.05) is 17.4 Å². The molecule has 0 bridgehead atoms. The fourth-order valence-corrected chi connectivity index (χ4v) is 3.63. The van der Waals surface area contributed by atoms with Crippen molar-refractivity contribution >= 4 is 16.9 Å². The molecule has 0 radical (unpaired) electrons. The molecular weight excluding hydrogens is 362 g/mol. The fraction of sp³-hybridized carbons (Fsp3) is 0.0870. The molecule has 2 aromatic carbocycles. The van der Waals surface area contributed by atoms with E-state index in [2.05, 4.69) is 58.0 Å². The van der Waals surface area contributed by atoms with Gasteiger partial charge in [0.2, 0.25) is 0 Å². The van der Waals surface area contributed by atoms with Crippen molar-refractivity contribution in [1.29, 1.82) is 0 Å². The maximum absolute atomic E-state index is 12.1. The molecule has 29 heavy (non-hydrogen) atoms. The number of rotatable bonds is 3. The summed E-state index contributed by atoms with van der Waals surface area (Å²) in [6.45, 7) is 5.83. The smallest absolute Gasteiger partial charge is 0.252 e. The Kier molecular flexibility index (Phi) is 3.91. The van der Waals surface area contributed by atoms with Crippen LogP contribution in [0.1, 0.15) is 17.2 Å². The lowest BCUT2D eigenvalue weighted by molar-refractivity contribution is -0.120. The number of carbonyl (C=O) groups excluding carboxylic acids is 1. The minimum absolute atomic E-state index is 0.0966. The maximum Gasteiger partial charge on any atom is 0.252 e. The SMILES string of the molecule is C=C1NC(=O)C(c2ccc(-c3nc4ccncc4n3-c3ccc(C)cc3)cc2)N1. The van der Waals surface area contributed by atoms with Crippen LogP contribution in [0.2, 0.25) is 0 Å². The minimum Gasteiger partial charge on any atom is -0.357 e. The topological polar surface area (TPSA) is 71.8 Å². The van der Waals surface area contributed by atoms with Crippen LogP contribution >= 0.6 is 0 Å². The first-order valence-corrected chi connectivity index (χ1v) is 9.36. The van der Waals surface area contributed by atoms with Crippen molar-refractivity contribution in [2.24, 2.45) is 0 Å². The Labute approximate surface area is 167 Å². The number of nitrogens with one attached hydrogen (secondary N) is 2. The Morgan fingerprint density at radius 2 is 1.79 bits per heavy atom. The van der Waals surface area contributed by atoms with Crippen LogP contribution in [-0.4, -0.2) is 20.4 Å². The first-order chi connectivity index (χ1) is 14.1. The molecule has 1 aliphatic rings. The van der Waals surface area contributed by atoms with Crippen LogP contribution in [0.15, 0.2) is 79.4 Å². The third kappa shape index (κ3) is 2.95. The lowest BCUT2D eigenvalue weighted by Gasteiger charge is -2.12. The number of aryl methyl sites for hydroxylation is 1. The molecule has 1 amide bonds. The number of fused-ring (bicyclic) bond motifs is 1. The van der Waals surface area contributed by atoms with Crippen LogP contribution in [0.5, 0.6) is 0 Å². The summed E-state index contributed by atoms with van der Waals surface area (Å²) < 4.78 is 2.11. The average molecular weight is 381 g/mol. The van der Waals surface area contributed by atoms with E-state index in [-0.39, 0.29) is 5.91 Å². The van der Waals surface area contributed by atoms with Crippen LogP contribution in [0.25, 0.3) is 28.1 Å². The number of carbonyl (C=O) groups is 1. The predicted molar refractivity (Wildman–Crippen MR) is 112 cm³/mol. The number of pyridine rings is 1. The summed E-state index contributed by atoms with van der Waals surface area (Å²) in [6.07, 6.45) is 3.58. The quantitative estimate of drug-likeness (QED) is 0.568. The van der Waals surface area contributed by atoms with Gasteiger partial charge < -0.3 is 10.6 Å². The molecule has 1 saturated heterocycles. The first kappa shape index (κ1) is 17.2. The van der Waals surface area contributed by atoms with Gasteiger partial charge in [-0.3, -0.25) is 14.3 Å². The van der Waals surface area contributed by atoms with Crippen molar-refractivity contribution in [1.82, 2.24) is 25.2 Å². The maximum atomic E-state index is 12.1. The molecule has 0 aliphatic carbocycles. The fourth-order valence-electron chi connectivity index (χ4n) is 3.63. The molecule has 0 saturated carbocycles. The number of nitrogens with zero attached hydrogens (tertiary/aromatic N) is 3. The van der Waals surface area contributed by atoms with Crippen LogP contribution in [0, 0.1) is 6.92 Å². The third-order valence-electron chi connectivity index (χ3n) is 5.11. The number of hydrogen-bond acceptors (Lipinski definition) is 4. The van der Waals surface area contributed by atoms with Crippen molar-refractivity contribution in [3.8, 4) is 17.1 Å². The van der Waals surface area contributed by atoms with E-state index in [9.17, 15) is 4.79 Å². The summed E-state index contributed by atoms with van der Waals surface area (Å²) in [7, 11) is 0. The van der Waals surface area contributed by atoms with Gasteiger partial charge in [-0.15, -0.1) is 0 Å². The highest BCUT2D eigenvalue weighted by atomic mass is 16.2. The normalized spacial score (nSPS) is 16.1. The number of amides is 1. The summed E-state index contributed by atoms with van der Waals surface area (Å²) >= 11 is 0. The zero-order valence-electron chi connectivity index (χ0n) is 15.9. The Morgan fingerprint density at radius 3 is 2.48 bits per heavy atom.